The third kappa shape index (κ3) is 2.60. The largest absolute Gasteiger partial charge is 0.468 e. The first-order valence-corrected chi connectivity index (χ1v) is 6.04. The highest BCUT2D eigenvalue weighted by Crippen LogP contribution is 2.45. The molecular formula is C12H17N3O4. The third-order valence-corrected chi connectivity index (χ3v) is 3.39. The molecule has 7 heteroatoms. The first-order valence-electron chi connectivity index (χ1n) is 6.04. The number of hydrazine groups is 2. The number of methoxy groups -OCH3 is 1. The fourth-order valence-electron chi connectivity index (χ4n) is 2.28. The second-order valence-electron chi connectivity index (χ2n) is 4.85. The number of esters is 1. The third-order valence-electron chi connectivity index (χ3n) is 3.39. The molecule has 1 heterocycles. The Morgan fingerprint density at radius 1 is 1.47 bits per heavy atom. The molecular weight excluding hydrogens is 250 g/mol. The van der Waals surface area contributed by atoms with E-state index in [0.29, 0.717) is 6.42 Å². The number of allylic oxidation sites excluding steroid dienone is 1. The Hall–Kier alpha value is -1.89. The topological polar surface area (TPSA) is 87.7 Å². The van der Waals surface area contributed by atoms with Crippen LogP contribution < -0.4 is 11.0 Å². The molecule has 0 spiro atoms. The average molecular weight is 267 g/mol. The molecule has 0 amide bonds. The number of ketones is 2. The van der Waals surface area contributed by atoms with E-state index in [1.54, 1.807) is 5.01 Å². The zero-order valence-corrected chi connectivity index (χ0v) is 11.1. The highest BCUT2D eigenvalue weighted by Gasteiger charge is 2.51. The molecule has 2 rings (SSSR count). The summed E-state index contributed by atoms with van der Waals surface area (Å²) in [6.45, 7) is 1.24. The van der Waals surface area contributed by atoms with E-state index in [0.717, 1.165) is 5.70 Å². The van der Waals surface area contributed by atoms with Crippen molar-refractivity contribution in [1.82, 2.24) is 16.0 Å². The number of carbonyl (C=O) groups excluding carboxylic acids is 3. The first kappa shape index (κ1) is 13.5. The lowest BCUT2D eigenvalue weighted by Gasteiger charge is -2.10. The molecule has 104 valence electrons. The number of hydrogen-bond donors (Lipinski definition) is 2. The van der Waals surface area contributed by atoms with Crippen molar-refractivity contribution in [2.24, 2.45) is 17.8 Å². The second kappa shape index (κ2) is 5.00. The van der Waals surface area contributed by atoms with Crippen LogP contribution in [0.5, 0.6) is 0 Å². The van der Waals surface area contributed by atoms with Gasteiger partial charge in [-0.3, -0.25) is 19.4 Å². The van der Waals surface area contributed by atoms with E-state index in [9.17, 15) is 14.4 Å². The van der Waals surface area contributed by atoms with Gasteiger partial charge in [-0.2, -0.15) is 0 Å². The van der Waals surface area contributed by atoms with Gasteiger partial charge in [0.25, 0.3) is 0 Å². The molecule has 1 fully saturated rings. The van der Waals surface area contributed by atoms with Gasteiger partial charge in [-0.15, -0.1) is 5.53 Å². The molecule has 1 aliphatic heterocycles. The van der Waals surface area contributed by atoms with Crippen LogP contribution in [0.15, 0.2) is 11.9 Å². The van der Waals surface area contributed by atoms with Crippen LogP contribution in [-0.4, -0.2) is 36.7 Å². The number of Topliss-reactive ketones (excluding diaryl/α,β-unsaturated/α-hetero) is 2. The van der Waals surface area contributed by atoms with Gasteiger partial charge >= 0.3 is 5.97 Å². The van der Waals surface area contributed by atoms with Crippen molar-refractivity contribution < 1.29 is 19.1 Å². The second-order valence-corrected chi connectivity index (χ2v) is 4.85. The summed E-state index contributed by atoms with van der Waals surface area (Å²) in [4.78, 5) is 35.1. The zero-order valence-electron chi connectivity index (χ0n) is 11.1. The fraction of sp³-hybridized carbons (Fsp3) is 0.583. The molecule has 0 aromatic rings. The van der Waals surface area contributed by atoms with Crippen LogP contribution in [0.3, 0.4) is 0 Å². The standard InChI is InChI=1S/C12H17N3O4/c1-6(16)10(12(18)19-3)11(17)8-4-7(8)9-5-15(2)14-13-9/h5,7-8,10,13-14H,4H2,1-3H3. The van der Waals surface area contributed by atoms with E-state index in [-0.39, 0.29) is 17.6 Å². The van der Waals surface area contributed by atoms with Crippen molar-refractivity contribution in [1.29, 1.82) is 0 Å². The predicted molar refractivity (Wildman–Crippen MR) is 64.9 cm³/mol. The normalized spacial score (nSPS) is 26.3. The molecule has 2 aliphatic rings. The summed E-state index contributed by atoms with van der Waals surface area (Å²) in [5, 5.41) is 1.73. The van der Waals surface area contributed by atoms with Crippen molar-refractivity contribution in [3.8, 4) is 0 Å². The van der Waals surface area contributed by atoms with E-state index in [2.05, 4.69) is 15.7 Å². The number of rotatable bonds is 5. The Balaban J connectivity index is 2.03. The molecule has 3 atom stereocenters. The quantitative estimate of drug-likeness (QED) is 0.506. The Kier molecular flexibility index (Phi) is 3.57. The molecule has 1 saturated carbocycles. The van der Waals surface area contributed by atoms with Gasteiger partial charge in [-0.25, -0.2) is 0 Å². The molecule has 19 heavy (non-hydrogen) atoms. The Labute approximate surface area is 110 Å². The molecule has 1 aliphatic carbocycles. The smallest absolute Gasteiger partial charge is 0.323 e. The molecule has 3 unspecified atom stereocenters. The van der Waals surface area contributed by atoms with Crippen LogP contribution in [0.1, 0.15) is 13.3 Å². The van der Waals surface area contributed by atoms with Crippen molar-refractivity contribution >= 4 is 17.5 Å². The van der Waals surface area contributed by atoms with Crippen molar-refractivity contribution in [2.45, 2.75) is 13.3 Å². The van der Waals surface area contributed by atoms with E-state index < -0.39 is 17.7 Å². The number of hydrogen-bond acceptors (Lipinski definition) is 7. The highest BCUT2D eigenvalue weighted by atomic mass is 16.5. The summed E-state index contributed by atoms with van der Waals surface area (Å²) in [5.41, 5.74) is 6.70. The minimum absolute atomic E-state index is 0.0384. The van der Waals surface area contributed by atoms with E-state index >= 15 is 0 Å². The maximum atomic E-state index is 12.2. The monoisotopic (exact) mass is 267 g/mol. The van der Waals surface area contributed by atoms with Gasteiger partial charge in [-0.05, 0) is 13.3 Å². The molecule has 0 aromatic carbocycles. The van der Waals surface area contributed by atoms with Crippen molar-refractivity contribution in [3.05, 3.63) is 11.9 Å². The van der Waals surface area contributed by atoms with E-state index in [1.807, 2.05) is 13.2 Å². The zero-order chi connectivity index (χ0) is 14.2. The predicted octanol–water partition coefficient (Wildman–Crippen LogP) is -0.634. The van der Waals surface area contributed by atoms with Crippen LogP contribution in [0.2, 0.25) is 0 Å². The van der Waals surface area contributed by atoms with Crippen LogP contribution in [-0.2, 0) is 19.1 Å². The summed E-state index contributed by atoms with van der Waals surface area (Å²) < 4.78 is 4.52. The number of ether oxygens (including phenoxy) is 1. The fourth-order valence-corrected chi connectivity index (χ4v) is 2.28. The number of carbonyl (C=O) groups is 3. The van der Waals surface area contributed by atoms with Gasteiger partial charge in [-0.1, -0.05) is 0 Å². The maximum absolute atomic E-state index is 12.2. The Bertz CT molecular complexity index is 460. The van der Waals surface area contributed by atoms with Gasteiger partial charge < -0.3 is 10.2 Å². The summed E-state index contributed by atoms with van der Waals surface area (Å²) in [6, 6.07) is 0. The van der Waals surface area contributed by atoms with Crippen LogP contribution in [0.25, 0.3) is 0 Å². The molecule has 0 aromatic heterocycles. The first-order chi connectivity index (χ1) is 8.95. The summed E-state index contributed by atoms with van der Waals surface area (Å²) in [5.74, 6) is -3.12. The average Bonchev–Trinajstić information content (AvgIpc) is 3.04. The summed E-state index contributed by atoms with van der Waals surface area (Å²) in [7, 11) is 3.00. The van der Waals surface area contributed by atoms with Crippen LogP contribution in [0, 0.1) is 17.8 Å². The Morgan fingerprint density at radius 2 is 2.16 bits per heavy atom. The van der Waals surface area contributed by atoms with Crippen molar-refractivity contribution in [2.75, 3.05) is 14.2 Å². The lowest BCUT2D eigenvalue weighted by molar-refractivity contribution is -0.153. The van der Waals surface area contributed by atoms with Crippen LogP contribution >= 0.6 is 0 Å². The summed E-state index contributed by atoms with van der Waals surface area (Å²) >= 11 is 0. The van der Waals surface area contributed by atoms with E-state index in [4.69, 9.17) is 0 Å². The summed E-state index contributed by atoms with van der Waals surface area (Å²) in [6.07, 6.45) is 2.49. The number of nitrogens with zero attached hydrogens (tertiary/aromatic N) is 1. The minimum Gasteiger partial charge on any atom is -0.468 e. The minimum atomic E-state index is -1.28. The lowest BCUT2D eigenvalue weighted by atomic mass is 9.95. The van der Waals surface area contributed by atoms with Gasteiger partial charge in [0.15, 0.2) is 17.5 Å². The maximum Gasteiger partial charge on any atom is 0.323 e. The number of nitrogens with one attached hydrogen (secondary N) is 2. The van der Waals surface area contributed by atoms with Gasteiger partial charge in [0.05, 0.1) is 7.11 Å². The van der Waals surface area contributed by atoms with Gasteiger partial charge in [0.1, 0.15) is 0 Å². The molecule has 7 nitrogen and oxygen atoms in total. The molecule has 0 bridgehead atoms. The Morgan fingerprint density at radius 3 is 2.63 bits per heavy atom. The van der Waals surface area contributed by atoms with E-state index in [1.165, 1.54) is 14.0 Å². The van der Waals surface area contributed by atoms with Gasteiger partial charge in [0.2, 0.25) is 0 Å². The molecule has 0 saturated heterocycles. The molecule has 0 radical (unpaired) electrons. The van der Waals surface area contributed by atoms with Crippen LogP contribution in [0.4, 0.5) is 0 Å². The van der Waals surface area contributed by atoms with Crippen molar-refractivity contribution in [3.63, 3.8) is 0 Å². The SMILES string of the molecule is COC(=O)C(C(C)=O)C(=O)C1CC1C1=CN(C)NN1. The highest BCUT2D eigenvalue weighted by molar-refractivity contribution is 6.17. The van der Waals surface area contributed by atoms with Gasteiger partial charge in [0, 0.05) is 30.8 Å². The lowest BCUT2D eigenvalue weighted by Crippen LogP contribution is -2.35. The molecule has 2 N–H and O–H groups in total.